The highest BCUT2D eigenvalue weighted by atomic mass is 16.5. The van der Waals surface area contributed by atoms with Crippen molar-refractivity contribution in [3.63, 3.8) is 0 Å². The summed E-state index contributed by atoms with van der Waals surface area (Å²) in [5.41, 5.74) is 2.22. The lowest BCUT2D eigenvalue weighted by atomic mass is 9.97. The summed E-state index contributed by atoms with van der Waals surface area (Å²) in [6, 6.07) is 3.75. The minimum absolute atomic E-state index is 0.000297. The fourth-order valence-corrected chi connectivity index (χ4v) is 1.81. The third-order valence-electron chi connectivity index (χ3n) is 2.70. The van der Waals surface area contributed by atoms with Crippen molar-refractivity contribution >= 4 is 11.8 Å². The van der Waals surface area contributed by atoms with E-state index in [1.165, 1.54) is 0 Å². The van der Waals surface area contributed by atoms with Crippen LogP contribution in [0.15, 0.2) is 12.1 Å². The second kappa shape index (κ2) is 6.19. The van der Waals surface area contributed by atoms with E-state index in [1.807, 2.05) is 32.9 Å². The van der Waals surface area contributed by atoms with Crippen molar-refractivity contribution in [1.29, 1.82) is 0 Å². The lowest BCUT2D eigenvalue weighted by Gasteiger charge is -2.14. The quantitative estimate of drug-likeness (QED) is 0.788. The standard InChI is InChI=1S/C14H18O4/c1-4-18-14-10(3)6-5-9(2)13(14)11(15)7-8-12(16)17/h5-6H,4,7-8H2,1-3H3,(H,16,17). The van der Waals surface area contributed by atoms with Crippen molar-refractivity contribution in [1.82, 2.24) is 0 Å². The van der Waals surface area contributed by atoms with Gasteiger partial charge in [-0.2, -0.15) is 0 Å². The normalized spacial score (nSPS) is 10.2. The summed E-state index contributed by atoms with van der Waals surface area (Å²) in [6.07, 6.45) is -0.155. The van der Waals surface area contributed by atoms with Gasteiger partial charge in [-0.1, -0.05) is 12.1 Å². The van der Waals surface area contributed by atoms with Crippen molar-refractivity contribution in [2.24, 2.45) is 0 Å². The average Bonchev–Trinajstić information content (AvgIpc) is 2.31. The van der Waals surface area contributed by atoms with E-state index in [0.717, 1.165) is 11.1 Å². The Bertz CT molecular complexity index is 463. The maximum Gasteiger partial charge on any atom is 0.303 e. The average molecular weight is 250 g/mol. The molecule has 0 heterocycles. The first-order valence-electron chi connectivity index (χ1n) is 5.95. The van der Waals surface area contributed by atoms with Gasteiger partial charge in [0.15, 0.2) is 5.78 Å². The molecule has 0 atom stereocenters. The van der Waals surface area contributed by atoms with Crippen LogP contribution in [0.2, 0.25) is 0 Å². The van der Waals surface area contributed by atoms with Crippen LogP contribution in [0.4, 0.5) is 0 Å². The molecule has 0 aliphatic carbocycles. The number of aliphatic carboxylic acids is 1. The van der Waals surface area contributed by atoms with E-state index in [4.69, 9.17) is 9.84 Å². The Morgan fingerprint density at radius 1 is 1.17 bits per heavy atom. The summed E-state index contributed by atoms with van der Waals surface area (Å²) in [4.78, 5) is 22.6. The number of rotatable bonds is 6. The number of carboxylic acid groups (broad SMARTS) is 1. The molecule has 0 bridgehead atoms. The minimum Gasteiger partial charge on any atom is -0.493 e. The van der Waals surface area contributed by atoms with Crippen molar-refractivity contribution in [2.75, 3.05) is 6.61 Å². The van der Waals surface area contributed by atoms with E-state index in [9.17, 15) is 9.59 Å². The van der Waals surface area contributed by atoms with Gasteiger partial charge >= 0.3 is 5.97 Å². The fraction of sp³-hybridized carbons (Fsp3) is 0.429. The highest BCUT2D eigenvalue weighted by molar-refractivity contribution is 6.01. The molecular formula is C14H18O4. The molecule has 4 nitrogen and oxygen atoms in total. The van der Waals surface area contributed by atoms with Crippen molar-refractivity contribution in [2.45, 2.75) is 33.6 Å². The molecule has 0 aliphatic heterocycles. The zero-order chi connectivity index (χ0) is 13.7. The molecule has 0 unspecified atom stereocenters. The third kappa shape index (κ3) is 3.32. The number of carbonyl (C=O) groups is 2. The smallest absolute Gasteiger partial charge is 0.303 e. The van der Waals surface area contributed by atoms with E-state index in [1.54, 1.807) is 0 Å². The molecule has 0 saturated carbocycles. The summed E-state index contributed by atoms with van der Waals surface area (Å²) >= 11 is 0. The van der Waals surface area contributed by atoms with Gasteiger partial charge in [-0.05, 0) is 31.9 Å². The summed E-state index contributed by atoms with van der Waals surface area (Å²) in [6.45, 7) is 6.03. The summed E-state index contributed by atoms with van der Waals surface area (Å²) in [5, 5.41) is 8.62. The molecule has 0 saturated heterocycles. The van der Waals surface area contributed by atoms with E-state index >= 15 is 0 Å². The second-order valence-corrected chi connectivity index (χ2v) is 4.15. The molecule has 0 aliphatic rings. The van der Waals surface area contributed by atoms with E-state index in [2.05, 4.69) is 0 Å². The minimum atomic E-state index is -0.966. The van der Waals surface area contributed by atoms with Gasteiger partial charge in [0, 0.05) is 6.42 Å². The zero-order valence-electron chi connectivity index (χ0n) is 10.9. The van der Waals surface area contributed by atoms with Crippen molar-refractivity contribution in [3.8, 4) is 5.75 Å². The Labute approximate surface area is 107 Å². The number of aryl methyl sites for hydroxylation is 2. The summed E-state index contributed by atoms with van der Waals surface area (Å²) < 4.78 is 5.51. The lowest BCUT2D eigenvalue weighted by molar-refractivity contribution is -0.136. The van der Waals surface area contributed by atoms with Gasteiger partial charge in [-0.15, -0.1) is 0 Å². The molecule has 0 aromatic heterocycles. The molecule has 18 heavy (non-hydrogen) atoms. The van der Waals surface area contributed by atoms with Crippen LogP contribution in [0.1, 0.15) is 41.3 Å². The molecule has 98 valence electrons. The predicted octanol–water partition coefficient (Wildman–Crippen LogP) is 2.75. The number of hydrogen-bond donors (Lipinski definition) is 1. The van der Waals surface area contributed by atoms with Gasteiger partial charge in [-0.25, -0.2) is 0 Å². The van der Waals surface area contributed by atoms with Gasteiger partial charge in [0.2, 0.25) is 0 Å². The van der Waals surface area contributed by atoms with Crippen LogP contribution < -0.4 is 4.74 Å². The highest BCUT2D eigenvalue weighted by Gasteiger charge is 2.18. The number of carbonyl (C=O) groups excluding carboxylic acids is 1. The number of carboxylic acids is 1. The molecule has 1 aromatic carbocycles. The Morgan fingerprint density at radius 2 is 1.78 bits per heavy atom. The van der Waals surface area contributed by atoms with Gasteiger partial charge < -0.3 is 9.84 Å². The lowest BCUT2D eigenvalue weighted by Crippen LogP contribution is -2.09. The van der Waals surface area contributed by atoms with Crippen LogP contribution in [-0.2, 0) is 4.79 Å². The molecule has 1 rings (SSSR count). The van der Waals surface area contributed by atoms with Crippen LogP contribution in [0.3, 0.4) is 0 Å². The summed E-state index contributed by atoms with van der Waals surface area (Å²) in [7, 11) is 0. The molecule has 1 N–H and O–H groups in total. The van der Waals surface area contributed by atoms with E-state index < -0.39 is 5.97 Å². The zero-order valence-corrected chi connectivity index (χ0v) is 10.9. The largest absolute Gasteiger partial charge is 0.493 e. The van der Waals surface area contributed by atoms with Crippen LogP contribution in [0.5, 0.6) is 5.75 Å². The number of hydrogen-bond acceptors (Lipinski definition) is 3. The molecule has 4 heteroatoms. The topological polar surface area (TPSA) is 63.6 Å². The monoisotopic (exact) mass is 250 g/mol. The fourth-order valence-electron chi connectivity index (χ4n) is 1.81. The Kier molecular flexibility index (Phi) is 4.89. The first kappa shape index (κ1) is 14.2. The maximum atomic E-state index is 12.1. The second-order valence-electron chi connectivity index (χ2n) is 4.15. The first-order chi connectivity index (χ1) is 8.47. The van der Waals surface area contributed by atoms with Gasteiger partial charge in [0.25, 0.3) is 0 Å². The Hall–Kier alpha value is -1.84. The number of ether oxygens (including phenoxy) is 1. The van der Waals surface area contributed by atoms with Gasteiger partial charge in [0.05, 0.1) is 18.6 Å². The SMILES string of the molecule is CCOc1c(C)ccc(C)c1C(=O)CCC(=O)O. The number of ketones is 1. The van der Waals surface area contributed by atoms with Crippen molar-refractivity contribution in [3.05, 3.63) is 28.8 Å². The predicted molar refractivity (Wildman–Crippen MR) is 68.3 cm³/mol. The van der Waals surface area contributed by atoms with Crippen LogP contribution in [-0.4, -0.2) is 23.5 Å². The molecule has 0 radical (unpaired) electrons. The van der Waals surface area contributed by atoms with Gasteiger partial charge in [0.1, 0.15) is 5.75 Å². The highest BCUT2D eigenvalue weighted by Crippen LogP contribution is 2.28. The van der Waals surface area contributed by atoms with Crippen molar-refractivity contribution < 1.29 is 19.4 Å². The van der Waals surface area contributed by atoms with Crippen LogP contribution >= 0.6 is 0 Å². The maximum absolute atomic E-state index is 12.1. The molecule has 1 aromatic rings. The van der Waals surface area contributed by atoms with Crippen LogP contribution in [0.25, 0.3) is 0 Å². The van der Waals surface area contributed by atoms with Gasteiger partial charge in [-0.3, -0.25) is 9.59 Å². The third-order valence-corrected chi connectivity index (χ3v) is 2.70. The number of benzene rings is 1. The molecule has 0 fully saturated rings. The molecule has 0 spiro atoms. The molecular weight excluding hydrogens is 232 g/mol. The Balaban J connectivity index is 3.08. The first-order valence-corrected chi connectivity index (χ1v) is 5.95. The van der Waals surface area contributed by atoms with E-state index in [-0.39, 0.29) is 18.6 Å². The van der Waals surface area contributed by atoms with E-state index in [0.29, 0.717) is 17.9 Å². The number of Topliss-reactive ketones (excluding diaryl/α,β-unsaturated/α-hetero) is 1. The summed E-state index contributed by atoms with van der Waals surface area (Å²) in [5.74, 6) is -0.568. The Morgan fingerprint density at radius 3 is 2.33 bits per heavy atom. The molecule has 0 amide bonds. The van der Waals surface area contributed by atoms with Crippen LogP contribution in [0, 0.1) is 13.8 Å².